The molecule has 1 N–H and O–H groups in total. The molecule has 1 amide bonds. The molecular formula is C22H15BrINO4. The minimum Gasteiger partial charge on any atom is -0.486 e. The maximum absolute atomic E-state index is 13.2. The van der Waals surface area contributed by atoms with Gasteiger partial charge in [0.2, 0.25) is 0 Å². The molecule has 0 bridgehead atoms. The molecule has 1 heterocycles. The van der Waals surface area contributed by atoms with Crippen molar-refractivity contribution < 1.29 is 19.1 Å². The summed E-state index contributed by atoms with van der Waals surface area (Å²) in [5.41, 5.74) is 1.74. The lowest BCUT2D eigenvalue weighted by atomic mass is 10.0. The Morgan fingerprint density at radius 2 is 1.59 bits per heavy atom. The standard InChI is InChI=1S/C22H15BrINO4/c23-15-6-4-13(5-7-15)21(26)17-11-19-20(29-9-8-28-19)12-18(17)25-22(27)14-2-1-3-16(24)10-14/h1-7,10-12H,8-9H2,(H,25,27). The highest BCUT2D eigenvalue weighted by Crippen LogP contribution is 2.37. The number of benzene rings is 3. The number of ether oxygens (including phenoxy) is 2. The fourth-order valence-corrected chi connectivity index (χ4v) is 3.77. The third-order valence-corrected chi connectivity index (χ3v) is 5.57. The Morgan fingerprint density at radius 3 is 2.28 bits per heavy atom. The molecule has 0 unspecified atom stereocenters. The molecule has 1 aliphatic heterocycles. The van der Waals surface area contributed by atoms with Crippen molar-refractivity contribution in [2.45, 2.75) is 0 Å². The van der Waals surface area contributed by atoms with Crippen molar-refractivity contribution in [2.75, 3.05) is 18.5 Å². The fourth-order valence-electron chi connectivity index (χ4n) is 2.96. The average Bonchev–Trinajstić information content (AvgIpc) is 2.73. The summed E-state index contributed by atoms with van der Waals surface area (Å²) in [6, 6.07) is 17.6. The van der Waals surface area contributed by atoms with Gasteiger partial charge in [-0.3, -0.25) is 9.59 Å². The smallest absolute Gasteiger partial charge is 0.255 e. The molecule has 0 saturated carbocycles. The first-order valence-corrected chi connectivity index (χ1v) is 10.7. The average molecular weight is 564 g/mol. The van der Waals surface area contributed by atoms with E-state index in [0.717, 1.165) is 8.04 Å². The summed E-state index contributed by atoms with van der Waals surface area (Å²) in [4.78, 5) is 26.0. The predicted molar refractivity (Wildman–Crippen MR) is 122 cm³/mol. The van der Waals surface area contributed by atoms with Crippen LogP contribution in [0.4, 0.5) is 5.69 Å². The van der Waals surface area contributed by atoms with Crippen LogP contribution in [0.15, 0.2) is 65.1 Å². The molecule has 0 aromatic heterocycles. The maximum Gasteiger partial charge on any atom is 0.255 e. The van der Waals surface area contributed by atoms with Crippen LogP contribution in [0.25, 0.3) is 0 Å². The van der Waals surface area contributed by atoms with Gasteiger partial charge in [0.05, 0.1) is 11.3 Å². The van der Waals surface area contributed by atoms with E-state index in [0.29, 0.717) is 47.1 Å². The fraction of sp³-hybridized carbons (Fsp3) is 0.0909. The molecule has 0 saturated heterocycles. The van der Waals surface area contributed by atoms with Gasteiger partial charge in [0.15, 0.2) is 17.3 Å². The molecule has 0 spiro atoms. The quantitative estimate of drug-likeness (QED) is 0.345. The number of fused-ring (bicyclic) bond motifs is 1. The first-order valence-electron chi connectivity index (χ1n) is 8.82. The van der Waals surface area contributed by atoms with Crippen molar-refractivity contribution >= 4 is 55.9 Å². The van der Waals surface area contributed by atoms with Crippen LogP contribution in [0, 0.1) is 3.57 Å². The molecule has 7 heteroatoms. The van der Waals surface area contributed by atoms with Crippen molar-refractivity contribution in [3.63, 3.8) is 0 Å². The van der Waals surface area contributed by atoms with E-state index in [2.05, 4.69) is 43.8 Å². The Labute approximate surface area is 189 Å². The van der Waals surface area contributed by atoms with Gasteiger partial charge in [0, 0.05) is 25.2 Å². The Kier molecular flexibility index (Phi) is 5.86. The van der Waals surface area contributed by atoms with E-state index in [-0.39, 0.29) is 11.7 Å². The highest BCUT2D eigenvalue weighted by atomic mass is 127. The highest BCUT2D eigenvalue weighted by Gasteiger charge is 2.22. The van der Waals surface area contributed by atoms with Gasteiger partial charge in [-0.2, -0.15) is 0 Å². The van der Waals surface area contributed by atoms with E-state index in [4.69, 9.17) is 9.47 Å². The van der Waals surface area contributed by atoms with Crippen LogP contribution in [-0.4, -0.2) is 24.9 Å². The van der Waals surface area contributed by atoms with Crippen LogP contribution in [0.5, 0.6) is 11.5 Å². The molecule has 5 nitrogen and oxygen atoms in total. The van der Waals surface area contributed by atoms with Crippen LogP contribution < -0.4 is 14.8 Å². The number of carbonyl (C=O) groups excluding carboxylic acids is 2. The first kappa shape index (κ1) is 19.9. The van der Waals surface area contributed by atoms with Crippen molar-refractivity contribution in [3.8, 4) is 11.5 Å². The number of hydrogen-bond acceptors (Lipinski definition) is 4. The molecular weight excluding hydrogens is 549 g/mol. The summed E-state index contributed by atoms with van der Waals surface area (Å²) >= 11 is 5.52. The Balaban J connectivity index is 1.74. The molecule has 0 radical (unpaired) electrons. The lowest BCUT2D eigenvalue weighted by molar-refractivity contribution is 0.102. The van der Waals surface area contributed by atoms with Crippen LogP contribution in [0.2, 0.25) is 0 Å². The van der Waals surface area contributed by atoms with Crippen LogP contribution >= 0.6 is 38.5 Å². The van der Waals surface area contributed by atoms with Crippen molar-refractivity contribution in [1.29, 1.82) is 0 Å². The van der Waals surface area contributed by atoms with Crippen LogP contribution in [-0.2, 0) is 0 Å². The van der Waals surface area contributed by atoms with Gasteiger partial charge in [-0.1, -0.05) is 22.0 Å². The second-order valence-corrected chi connectivity index (χ2v) is 8.50. The van der Waals surface area contributed by atoms with Crippen LogP contribution in [0.1, 0.15) is 26.3 Å². The van der Waals surface area contributed by atoms with E-state index in [1.807, 2.05) is 12.1 Å². The molecule has 0 atom stereocenters. The number of halogens is 2. The lowest BCUT2D eigenvalue weighted by Crippen LogP contribution is -2.19. The van der Waals surface area contributed by atoms with Gasteiger partial charge >= 0.3 is 0 Å². The number of rotatable bonds is 4. The van der Waals surface area contributed by atoms with Gasteiger partial charge < -0.3 is 14.8 Å². The molecule has 29 heavy (non-hydrogen) atoms. The number of ketones is 1. The number of amides is 1. The maximum atomic E-state index is 13.2. The summed E-state index contributed by atoms with van der Waals surface area (Å²) in [6.07, 6.45) is 0. The van der Waals surface area contributed by atoms with Crippen molar-refractivity contribution in [3.05, 3.63) is 85.4 Å². The number of hydrogen-bond donors (Lipinski definition) is 1. The van der Waals surface area contributed by atoms with Gasteiger partial charge in [-0.15, -0.1) is 0 Å². The second kappa shape index (κ2) is 8.54. The number of nitrogens with one attached hydrogen (secondary N) is 1. The largest absolute Gasteiger partial charge is 0.486 e. The SMILES string of the molecule is O=C(Nc1cc2c(cc1C(=O)c1ccc(Br)cc1)OCCO2)c1cccc(I)c1. The molecule has 0 aliphatic carbocycles. The van der Waals surface area contributed by atoms with E-state index in [9.17, 15) is 9.59 Å². The lowest BCUT2D eigenvalue weighted by Gasteiger charge is -2.21. The van der Waals surface area contributed by atoms with Crippen LogP contribution in [0.3, 0.4) is 0 Å². The van der Waals surface area contributed by atoms with E-state index < -0.39 is 0 Å². The summed E-state index contributed by atoms with van der Waals surface area (Å²) < 4.78 is 13.1. The number of anilines is 1. The highest BCUT2D eigenvalue weighted by molar-refractivity contribution is 14.1. The molecule has 3 aromatic rings. The molecule has 4 rings (SSSR count). The van der Waals surface area contributed by atoms with E-state index in [1.165, 1.54) is 0 Å². The molecule has 3 aromatic carbocycles. The summed E-state index contributed by atoms with van der Waals surface area (Å²) in [5, 5.41) is 2.86. The minimum atomic E-state index is -0.301. The third-order valence-electron chi connectivity index (χ3n) is 4.37. The Hall–Kier alpha value is -2.39. The van der Waals surface area contributed by atoms with Gasteiger partial charge in [-0.05, 0) is 71.1 Å². The normalized spacial score (nSPS) is 12.3. The van der Waals surface area contributed by atoms with Gasteiger partial charge in [-0.25, -0.2) is 0 Å². The molecule has 146 valence electrons. The van der Waals surface area contributed by atoms with E-state index >= 15 is 0 Å². The Morgan fingerprint density at radius 1 is 0.897 bits per heavy atom. The molecule has 0 fully saturated rings. The summed E-state index contributed by atoms with van der Waals surface area (Å²) in [6.45, 7) is 0.824. The third kappa shape index (κ3) is 4.45. The molecule has 1 aliphatic rings. The summed E-state index contributed by atoms with van der Waals surface area (Å²) in [5.74, 6) is 0.475. The number of carbonyl (C=O) groups is 2. The van der Waals surface area contributed by atoms with Crippen molar-refractivity contribution in [2.24, 2.45) is 0 Å². The zero-order valence-corrected chi connectivity index (χ0v) is 18.8. The summed E-state index contributed by atoms with van der Waals surface area (Å²) in [7, 11) is 0. The monoisotopic (exact) mass is 563 g/mol. The zero-order valence-electron chi connectivity index (χ0n) is 15.1. The predicted octanol–water partition coefficient (Wildman–Crippen LogP) is 5.31. The first-order chi connectivity index (χ1) is 14.0. The Bertz CT molecular complexity index is 1100. The van der Waals surface area contributed by atoms with Crippen molar-refractivity contribution in [1.82, 2.24) is 0 Å². The minimum absolute atomic E-state index is 0.215. The van der Waals surface area contributed by atoms with Gasteiger partial charge in [0.1, 0.15) is 13.2 Å². The zero-order chi connectivity index (χ0) is 20.4. The van der Waals surface area contributed by atoms with Gasteiger partial charge in [0.25, 0.3) is 5.91 Å². The van der Waals surface area contributed by atoms with E-state index in [1.54, 1.807) is 48.5 Å². The topological polar surface area (TPSA) is 64.6 Å². The second-order valence-electron chi connectivity index (χ2n) is 6.34.